The lowest BCUT2D eigenvalue weighted by atomic mass is 10.0. The summed E-state index contributed by atoms with van der Waals surface area (Å²) in [5, 5.41) is 4.37. The van der Waals surface area contributed by atoms with E-state index in [1.807, 2.05) is 30.3 Å². The lowest BCUT2D eigenvalue weighted by Gasteiger charge is -2.11. The summed E-state index contributed by atoms with van der Waals surface area (Å²) in [6.07, 6.45) is 1.61. The van der Waals surface area contributed by atoms with Gasteiger partial charge in [-0.3, -0.25) is 0 Å². The molecule has 0 amide bonds. The Labute approximate surface area is 171 Å². The number of rotatable bonds is 5. The number of benzene rings is 3. The van der Waals surface area contributed by atoms with Crippen molar-refractivity contribution >= 4 is 29.4 Å². The predicted octanol–water partition coefficient (Wildman–Crippen LogP) is 5.40. The van der Waals surface area contributed by atoms with Crippen LogP contribution in [0.4, 0.5) is 4.39 Å². The highest BCUT2D eigenvalue weighted by Crippen LogP contribution is 2.29. The van der Waals surface area contributed by atoms with E-state index in [1.165, 1.54) is 6.07 Å². The predicted molar refractivity (Wildman–Crippen MR) is 109 cm³/mol. The molecule has 0 saturated heterocycles. The fraction of sp³-hybridized carbons (Fsp3) is 0.0435. The Morgan fingerprint density at radius 3 is 2.59 bits per heavy atom. The lowest BCUT2D eigenvalue weighted by Crippen LogP contribution is -2.07. The molecule has 3 aromatic rings. The largest absolute Gasteiger partial charge is 0.488 e. The maximum Gasteiger partial charge on any atom is 0.368 e. The molecule has 6 heteroatoms. The first-order valence-electron chi connectivity index (χ1n) is 8.84. The Balaban J connectivity index is 1.67. The molecular formula is C23H15ClFNO3. The number of halogens is 2. The summed E-state index contributed by atoms with van der Waals surface area (Å²) in [6, 6.07) is 20.6. The zero-order valence-electron chi connectivity index (χ0n) is 15.1. The molecule has 0 saturated carbocycles. The van der Waals surface area contributed by atoms with Crippen LogP contribution >= 0.6 is 11.6 Å². The lowest BCUT2D eigenvalue weighted by molar-refractivity contribution is -0.136. The Bertz CT molecular complexity index is 1130. The van der Waals surface area contributed by atoms with E-state index in [0.29, 0.717) is 27.6 Å². The van der Waals surface area contributed by atoms with E-state index >= 15 is 0 Å². The minimum absolute atomic E-state index is 0.0363. The van der Waals surface area contributed by atoms with Crippen molar-refractivity contribution in [1.29, 1.82) is 0 Å². The Hall–Kier alpha value is -3.44. The molecule has 4 nitrogen and oxygen atoms in total. The minimum atomic E-state index is -0.566. The van der Waals surface area contributed by atoms with E-state index in [-0.39, 0.29) is 18.0 Å². The SMILES string of the molecule is O=C1ON=C(c2ccccc2)/C1=C/c1cc(Cl)ccc1OCc1ccccc1F. The van der Waals surface area contributed by atoms with Gasteiger partial charge >= 0.3 is 5.97 Å². The first-order chi connectivity index (χ1) is 14.1. The van der Waals surface area contributed by atoms with Crippen LogP contribution in [0, 0.1) is 5.82 Å². The Morgan fingerprint density at radius 2 is 1.79 bits per heavy atom. The third-order valence-electron chi connectivity index (χ3n) is 4.35. The number of ether oxygens (including phenoxy) is 1. The second-order valence-electron chi connectivity index (χ2n) is 6.30. The molecule has 0 aliphatic carbocycles. The van der Waals surface area contributed by atoms with Gasteiger partial charge in [0, 0.05) is 21.7 Å². The summed E-state index contributed by atoms with van der Waals surface area (Å²) < 4.78 is 19.7. The third-order valence-corrected chi connectivity index (χ3v) is 4.59. The average molecular weight is 408 g/mol. The van der Waals surface area contributed by atoms with Crippen LogP contribution < -0.4 is 4.74 Å². The van der Waals surface area contributed by atoms with Crippen LogP contribution in [0.1, 0.15) is 16.7 Å². The fourth-order valence-corrected chi connectivity index (χ4v) is 3.08. The third kappa shape index (κ3) is 4.20. The van der Waals surface area contributed by atoms with Crippen LogP contribution in [0.25, 0.3) is 6.08 Å². The molecule has 0 unspecified atom stereocenters. The number of carbonyl (C=O) groups is 1. The fourth-order valence-electron chi connectivity index (χ4n) is 2.90. The molecule has 0 spiro atoms. The van der Waals surface area contributed by atoms with Gasteiger partial charge in [-0.2, -0.15) is 0 Å². The molecule has 0 atom stereocenters. The van der Waals surface area contributed by atoms with Gasteiger partial charge in [-0.25, -0.2) is 9.18 Å². The van der Waals surface area contributed by atoms with Crippen LogP contribution in [0.5, 0.6) is 5.75 Å². The molecule has 0 radical (unpaired) electrons. The molecule has 0 fully saturated rings. The van der Waals surface area contributed by atoms with Crippen LogP contribution in [-0.4, -0.2) is 11.7 Å². The first kappa shape index (κ1) is 18.9. The highest BCUT2D eigenvalue weighted by atomic mass is 35.5. The molecule has 1 heterocycles. The molecule has 4 rings (SSSR count). The summed E-state index contributed by atoms with van der Waals surface area (Å²) in [6.45, 7) is 0.0363. The zero-order chi connectivity index (χ0) is 20.2. The maximum absolute atomic E-state index is 13.9. The zero-order valence-corrected chi connectivity index (χ0v) is 15.9. The van der Waals surface area contributed by atoms with Crippen molar-refractivity contribution in [3.63, 3.8) is 0 Å². The quantitative estimate of drug-likeness (QED) is 0.420. The van der Waals surface area contributed by atoms with Crippen LogP contribution in [0.2, 0.25) is 5.02 Å². The summed E-state index contributed by atoms with van der Waals surface area (Å²) in [5.41, 5.74) is 2.45. The molecule has 1 aliphatic rings. The van der Waals surface area contributed by atoms with Gasteiger partial charge < -0.3 is 9.57 Å². The molecule has 0 bridgehead atoms. The van der Waals surface area contributed by atoms with Crippen molar-refractivity contribution in [2.24, 2.45) is 5.16 Å². The van der Waals surface area contributed by atoms with Crippen molar-refractivity contribution < 1.29 is 18.8 Å². The maximum atomic E-state index is 13.9. The first-order valence-corrected chi connectivity index (χ1v) is 9.22. The monoisotopic (exact) mass is 407 g/mol. The molecule has 29 heavy (non-hydrogen) atoms. The van der Waals surface area contributed by atoms with Gasteiger partial charge in [0.1, 0.15) is 23.9 Å². The normalized spacial score (nSPS) is 14.6. The summed E-state index contributed by atoms with van der Waals surface area (Å²) in [4.78, 5) is 17.1. The topological polar surface area (TPSA) is 47.9 Å². The molecule has 0 N–H and O–H groups in total. The summed E-state index contributed by atoms with van der Waals surface area (Å²) >= 11 is 6.14. The number of hydrogen-bond donors (Lipinski definition) is 0. The molecule has 144 valence electrons. The highest BCUT2D eigenvalue weighted by Gasteiger charge is 2.27. The Kier molecular flexibility index (Phi) is 5.40. The summed E-state index contributed by atoms with van der Waals surface area (Å²) in [7, 11) is 0. The van der Waals surface area contributed by atoms with Gasteiger partial charge in [-0.15, -0.1) is 0 Å². The van der Waals surface area contributed by atoms with Crippen molar-refractivity contribution in [2.45, 2.75) is 6.61 Å². The van der Waals surface area contributed by atoms with Crippen molar-refractivity contribution in [3.05, 3.63) is 106 Å². The average Bonchev–Trinajstić information content (AvgIpc) is 3.09. The highest BCUT2D eigenvalue weighted by molar-refractivity contribution is 6.32. The standard InChI is InChI=1S/C23H15ClFNO3/c24-18-10-11-21(28-14-16-8-4-5-9-20(16)25)17(12-18)13-19-22(26-29-23(19)27)15-6-2-1-3-7-15/h1-13H,14H2/b19-13-. The van der Waals surface area contributed by atoms with E-state index in [9.17, 15) is 9.18 Å². The van der Waals surface area contributed by atoms with E-state index < -0.39 is 5.97 Å². The van der Waals surface area contributed by atoms with Gasteiger partial charge in [0.15, 0.2) is 0 Å². The molecular weight excluding hydrogens is 393 g/mol. The van der Waals surface area contributed by atoms with Gasteiger partial charge in [0.25, 0.3) is 0 Å². The van der Waals surface area contributed by atoms with Crippen molar-refractivity contribution in [1.82, 2.24) is 0 Å². The van der Waals surface area contributed by atoms with Crippen LogP contribution in [0.15, 0.2) is 83.5 Å². The van der Waals surface area contributed by atoms with Gasteiger partial charge in [0.05, 0.1) is 5.57 Å². The smallest absolute Gasteiger partial charge is 0.368 e. The number of carbonyl (C=O) groups excluding carboxylic acids is 1. The number of oxime groups is 1. The van der Waals surface area contributed by atoms with Crippen LogP contribution in [0.3, 0.4) is 0 Å². The number of nitrogens with zero attached hydrogens (tertiary/aromatic N) is 1. The van der Waals surface area contributed by atoms with Crippen molar-refractivity contribution in [3.8, 4) is 5.75 Å². The van der Waals surface area contributed by atoms with E-state index in [2.05, 4.69) is 5.16 Å². The van der Waals surface area contributed by atoms with E-state index in [4.69, 9.17) is 21.2 Å². The minimum Gasteiger partial charge on any atom is -0.488 e. The molecule has 0 aromatic heterocycles. The van der Waals surface area contributed by atoms with Crippen LogP contribution in [-0.2, 0) is 16.2 Å². The molecule has 3 aromatic carbocycles. The van der Waals surface area contributed by atoms with Gasteiger partial charge in [0.2, 0.25) is 0 Å². The number of hydrogen-bond acceptors (Lipinski definition) is 4. The van der Waals surface area contributed by atoms with E-state index in [0.717, 1.165) is 5.56 Å². The van der Waals surface area contributed by atoms with Gasteiger partial charge in [-0.05, 0) is 30.3 Å². The Morgan fingerprint density at radius 1 is 1.03 bits per heavy atom. The van der Waals surface area contributed by atoms with Crippen molar-refractivity contribution in [2.75, 3.05) is 0 Å². The van der Waals surface area contributed by atoms with E-state index in [1.54, 1.807) is 42.5 Å². The second-order valence-corrected chi connectivity index (χ2v) is 6.74. The second kappa shape index (κ2) is 8.29. The molecule has 1 aliphatic heterocycles. The van der Waals surface area contributed by atoms with Gasteiger partial charge in [-0.1, -0.05) is 65.3 Å². The summed E-state index contributed by atoms with van der Waals surface area (Å²) in [5.74, 6) is -0.458.